The van der Waals surface area contributed by atoms with Gasteiger partial charge in [0.1, 0.15) is 5.82 Å². The Morgan fingerprint density at radius 2 is 2.32 bits per heavy atom. The summed E-state index contributed by atoms with van der Waals surface area (Å²) in [6.45, 7) is 3.12. The van der Waals surface area contributed by atoms with E-state index in [1.54, 1.807) is 0 Å². The van der Waals surface area contributed by atoms with E-state index < -0.39 is 0 Å². The second-order valence-corrected chi connectivity index (χ2v) is 5.95. The lowest BCUT2D eigenvalue weighted by molar-refractivity contribution is 0.451. The van der Waals surface area contributed by atoms with Gasteiger partial charge in [-0.3, -0.25) is 0 Å². The van der Waals surface area contributed by atoms with E-state index in [0.717, 1.165) is 18.1 Å². The summed E-state index contributed by atoms with van der Waals surface area (Å²) in [5.74, 6) is 2.76. The first-order valence-electron chi connectivity index (χ1n) is 6.73. The van der Waals surface area contributed by atoms with Crippen molar-refractivity contribution in [1.29, 1.82) is 0 Å². The highest BCUT2D eigenvalue weighted by Crippen LogP contribution is 2.45. The molecule has 1 aromatic carbocycles. The van der Waals surface area contributed by atoms with E-state index in [9.17, 15) is 0 Å². The standard InChI is InChI=1S/C15H19N3S/c1-3-16-14(15-17-8-9-18(15)2)12-10-19-13-7-5-4-6-11(12)13/h4-9,12,14,16H,3,10H2,1-2H3. The molecule has 0 spiro atoms. The van der Waals surface area contributed by atoms with Gasteiger partial charge in [0.05, 0.1) is 6.04 Å². The van der Waals surface area contributed by atoms with Gasteiger partial charge in [-0.25, -0.2) is 4.98 Å². The number of nitrogens with one attached hydrogen (secondary N) is 1. The Morgan fingerprint density at radius 1 is 1.47 bits per heavy atom. The van der Waals surface area contributed by atoms with Crippen LogP contribution in [0.2, 0.25) is 0 Å². The predicted octanol–water partition coefficient (Wildman–Crippen LogP) is 2.96. The Balaban J connectivity index is 1.96. The van der Waals surface area contributed by atoms with E-state index in [2.05, 4.69) is 53.1 Å². The number of thioether (sulfide) groups is 1. The van der Waals surface area contributed by atoms with Gasteiger partial charge < -0.3 is 9.88 Å². The lowest BCUT2D eigenvalue weighted by atomic mass is 9.92. The van der Waals surface area contributed by atoms with Crippen LogP contribution in [0.3, 0.4) is 0 Å². The third-order valence-electron chi connectivity index (χ3n) is 3.70. The minimum atomic E-state index is 0.293. The average molecular weight is 273 g/mol. The third kappa shape index (κ3) is 2.30. The molecule has 0 saturated carbocycles. The van der Waals surface area contributed by atoms with E-state index in [1.165, 1.54) is 10.5 Å². The maximum atomic E-state index is 4.54. The molecule has 2 heterocycles. The molecule has 2 aromatic rings. The van der Waals surface area contributed by atoms with Crippen LogP contribution in [0.5, 0.6) is 0 Å². The van der Waals surface area contributed by atoms with Crippen LogP contribution in [0.25, 0.3) is 0 Å². The molecule has 1 aromatic heterocycles. The molecule has 0 bridgehead atoms. The highest BCUT2D eigenvalue weighted by molar-refractivity contribution is 7.99. The molecule has 0 aliphatic carbocycles. The van der Waals surface area contributed by atoms with Gasteiger partial charge in [0.2, 0.25) is 0 Å². The van der Waals surface area contributed by atoms with Crippen LogP contribution in [-0.4, -0.2) is 21.8 Å². The van der Waals surface area contributed by atoms with Crippen molar-refractivity contribution in [3.8, 4) is 0 Å². The SMILES string of the molecule is CCNC(c1nccn1C)C1CSc2ccccc21. The molecular formula is C15H19N3S. The summed E-state index contributed by atoms with van der Waals surface area (Å²) >= 11 is 1.96. The smallest absolute Gasteiger partial charge is 0.126 e. The van der Waals surface area contributed by atoms with Crippen LogP contribution in [0.4, 0.5) is 0 Å². The van der Waals surface area contributed by atoms with Crippen LogP contribution < -0.4 is 5.32 Å². The van der Waals surface area contributed by atoms with E-state index in [-0.39, 0.29) is 0 Å². The van der Waals surface area contributed by atoms with Gasteiger partial charge in [0.25, 0.3) is 0 Å². The highest BCUT2D eigenvalue weighted by Gasteiger charge is 2.32. The largest absolute Gasteiger partial charge is 0.337 e. The van der Waals surface area contributed by atoms with Gasteiger partial charge in [-0.2, -0.15) is 0 Å². The van der Waals surface area contributed by atoms with Crippen molar-refractivity contribution in [3.05, 3.63) is 48.0 Å². The van der Waals surface area contributed by atoms with Crippen LogP contribution >= 0.6 is 11.8 Å². The average Bonchev–Trinajstić information content (AvgIpc) is 3.03. The molecule has 3 nitrogen and oxygen atoms in total. The zero-order chi connectivity index (χ0) is 13.2. The molecule has 2 unspecified atom stereocenters. The molecule has 0 radical (unpaired) electrons. The molecule has 0 amide bonds. The van der Waals surface area contributed by atoms with Crippen molar-refractivity contribution in [2.45, 2.75) is 23.8 Å². The number of likely N-dealkylation sites (N-methyl/N-ethyl adjacent to an activating group) is 1. The van der Waals surface area contributed by atoms with Crippen molar-refractivity contribution >= 4 is 11.8 Å². The number of hydrogen-bond donors (Lipinski definition) is 1. The molecule has 2 atom stereocenters. The Bertz CT molecular complexity index is 564. The number of aromatic nitrogens is 2. The first-order valence-corrected chi connectivity index (χ1v) is 7.72. The van der Waals surface area contributed by atoms with Gasteiger partial charge >= 0.3 is 0 Å². The molecule has 4 heteroatoms. The summed E-state index contributed by atoms with van der Waals surface area (Å²) in [7, 11) is 2.07. The number of nitrogens with zero attached hydrogens (tertiary/aromatic N) is 2. The summed E-state index contributed by atoms with van der Waals surface area (Å²) in [6.07, 6.45) is 3.90. The lowest BCUT2D eigenvalue weighted by Gasteiger charge is -2.24. The maximum Gasteiger partial charge on any atom is 0.126 e. The fraction of sp³-hybridized carbons (Fsp3) is 0.400. The molecule has 3 rings (SSSR count). The second kappa shape index (κ2) is 5.39. The summed E-state index contributed by atoms with van der Waals surface area (Å²) in [5, 5.41) is 3.61. The fourth-order valence-electron chi connectivity index (χ4n) is 2.77. The number of hydrogen-bond acceptors (Lipinski definition) is 3. The minimum Gasteiger partial charge on any atom is -0.337 e. The molecule has 0 fully saturated rings. The molecule has 19 heavy (non-hydrogen) atoms. The van der Waals surface area contributed by atoms with Crippen molar-refractivity contribution < 1.29 is 0 Å². The molecule has 100 valence electrons. The normalized spacial score (nSPS) is 19.4. The Morgan fingerprint density at radius 3 is 3.05 bits per heavy atom. The Hall–Kier alpha value is -1.26. The van der Waals surface area contributed by atoms with E-state index >= 15 is 0 Å². The van der Waals surface area contributed by atoms with E-state index in [1.807, 2.05) is 24.2 Å². The topological polar surface area (TPSA) is 29.9 Å². The van der Waals surface area contributed by atoms with Crippen molar-refractivity contribution in [2.24, 2.45) is 7.05 Å². The monoisotopic (exact) mass is 273 g/mol. The molecule has 1 aliphatic rings. The summed E-state index contributed by atoms with van der Waals surface area (Å²) in [6, 6.07) is 9.03. The molecule has 0 saturated heterocycles. The van der Waals surface area contributed by atoms with E-state index in [0.29, 0.717) is 12.0 Å². The number of fused-ring (bicyclic) bond motifs is 1. The van der Waals surface area contributed by atoms with Gasteiger partial charge in [-0.15, -0.1) is 11.8 Å². The van der Waals surface area contributed by atoms with Crippen LogP contribution in [0.1, 0.15) is 30.3 Å². The predicted molar refractivity (Wildman–Crippen MR) is 79.5 cm³/mol. The van der Waals surface area contributed by atoms with Gasteiger partial charge in [-0.05, 0) is 18.2 Å². The summed E-state index contributed by atoms with van der Waals surface area (Å²) < 4.78 is 2.12. The number of aryl methyl sites for hydroxylation is 1. The zero-order valence-electron chi connectivity index (χ0n) is 11.3. The molecular weight excluding hydrogens is 254 g/mol. The van der Waals surface area contributed by atoms with Crippen molar-refractivity contribution in [1.82, 2.24) is 14.9 Å². The number of imidazole rings is 1. The fourth-order valence-corrected chi connectivity index (χ4v) is 4.07. The molecule has 1 N–H and O–H groups in total. The summed E-state index contributed by atoms with van der Waals surface area (Å²) in [5.41, 5.74) is 1.46. The highest BCUT2D eigenvalue weighted by atomic mass is 32.2. The zero-order valence-corrected chi connectivity index (χ0v) is 12.2. The third-order valence-corrected chi connectivity index (χ3v) is 4.91. The van der Waals surface area contributed by atoms with Crippen LogP contribution in [0.15, 0.2) is 41.6 Å². The van der Waals surface area contributed by atoms with Gasteiger partial charge in [0, 0.05) is 36.0 Å². The first-order chi connectivity index (χ1) is 9.31. The molecule has 1 aliphatic heterocycles. The minimum absolute atomic E-state index is 0.293. The van der Waals surface area contributed by atoms with E-state index in [4.69, 9.17) is 0 Å². The quantitative estimate of drug-likeness (QED) is 0.929. The Labute approximate surface area is 118 Å². The first kappa shape index (κ1) is 12.8. The van der Waals surface area contributed by atoms with Crippen LogP contribution in [-0.2, 0) is 7.05 Å². The number of rotatable bonds is 4. The van der Waals surface area contributed by atoms with Crippen LogP contribution in [0, 0.1) is 0 Å². The number of benzene rings is 1. The van der Waals surface area contributed by atoms with Crippen molar-refractivity contribution in [2.75, 3.05) is 12.3 Å². The van der Waals surface area contributed by atoms with Gasteiger partial charge in [-0.1, -0.05) is 25.1 Å². The van der Waals surface area contributed by atoms with Gasteiger partial charge in [0.15, 0.2) is 0 Å². The summed E-state index contributed by atoms with van der Waals surface area (Å²) in [4.78, 5) is 5.96. The lowest BCUT2D eigenvalue weighted by Crippen LogP contribution is -2.29. The maximum absolute atomic E-state index is 4.54. The van der Waals surface area contributed by atoms with Crippen molar-refractivity contribution in [3.63, 3.8) is 0 Å². The second-order valence-electron chi connectivity index (χ2n) is 4.89. The Kier molecular flexibility index (Phi) is 3.62.